The van der Waals surface area contributed by atoms with Crippen molar-refractivity contribution in [2.24, 2.45) is 0 Å². The maximum atomic E-state index is 12.5. The van der Waals surface area contributed by atoms with Crippen molar-refractivity contribution in [3.05, 3.63) is 71.3 Å². The van der Waals surface area contributed by atoms with Gasteiger partial charge >= 0.3 is 0 Å². The summed E-state index contributed by atoms with van der Waals surface area (Å²) in [5, 5.41) is 16.2. The quantitative estimate of drug-likeness (QED) is 0.306. The number of nitrogens with zero attached hydrogens (tertiary/aromatic N) is 1. The van der Waals surface area contributed by atoms with Gasteiger partial charge in [-0.2, -0.15) is 0 Å². The summed E-state index contributed by atoms with van der Waals surface area (Å²) in [4.78, 5) is 17.1. The fraction of sp³-hybridized carbons (Fsp3) is 0.192. The highest BCUT2D eigenvalue weighted by Gasteiger charge is 2.15. The molecule has 1 heterocycles. The highest BCUT2D eigenvalue weighted by molar-refractivity contribution is 7.80. The minimum absolute atomic E-state index is 0.0270. The van der Waals surface area contributed by atoms with E-state index in [-0.39, 0.29) is 16.8 Å². The van der Waals surface area contributed by atoms with E-state index >= 15 is 0 Å². The van der Waals surface area contributed by atoms with E-state index in [1.807, 2.05) is 32.9 Å². The molecule has 3 N–H and O–H groups in total. The fourth-order valence-electron chi connectivity index (χ4n) is 3.57. The van der Waals surface area contributed by atoms with Gasteiger partial charge < -0.3 is 19.6 Å². The van der Waals surface area contributed by atoms with Gasteiger partial charge in [0.05, 0.1) is 12.2 Å². The number of benzene rings is 3. The number of anilines is 1. The molecule has 0 saturated heterocycles. The number of hydrogen-bond acceptors (Lipinski definition) is 6. The van der Waals surface area contributed by atoms with E-state index in [1.54, 1.807) is 36.4 Å². The summed E-state index contributed by atoms with van der Waals surface area (Å²) in [5.74, 6) is 0.561. The molecule has 7 nitrogen and oxygen atoms in total. The number of phenols is 1. The second-order valence-corrected chi connectivity index (χ2v) is 8.37. The van der Waals surface area contributed by atoms with Gasteiger partial charge in [-0.3, -0.25) is 10.1 Å². The Hall–Kier alpha value is -3.91. The molecule has 0 saturated carbocycles. The van der Waals surface area contributed by atoms with Crippen LogP contribution in [-0.4, -0.2) is 27.7 Å². The molecule has 0 aliphatic rings. The molecule has 4 rings (SSSR count). The van der Waals surface area contributed by atoms with Crippen molar-refractivity contribution in [3.8, 4) is 23.0 Å². The van der Waals surface area contributed by atoms with Crippen LogP contribution in [0.5, 0.6) is 11.5 Å². The summed E-state index contributed by atoms with van der Waals surface area (Å²) in [6.07, 6.45) is 0.877. The minimum atomic E-state index is -0.363. The van der Waals surface area contributed by atoms with Crippen molar-refractivity contribution in [2.45, 2.75) is 27.2 Å². The molecule has 3 aromatic carbocycles. The lowest BCUT2D eigenvalue weighted by molar-refractivity contribution is 0.0977. The van der Waals surface area contributed by atoms with Gasteiger partial charge in [0.1, 0.15) is 17.0 Å². The van der Waals surface area contributed by atoms with Crippen molar-refractivity contribution < 1.29 is 19.1 Å². The first kappa shape index (κ1) is 23.3. The predicted octanol–water partition coefficient (Wildman–Crippen LogP) is 5.73. The largest absolute Gasteiger partial charge is 0.507 e. The topological polar surface area (TPSA) is 96.6 Å². The van der Waals surface area contributed by atoms with Crippen molar-refractivity contribution in [2.75, 3.05) is 11.9 Å². The van der Waals surface area contributed by atoms with Gasteiger partial charge in [0.2, 0.25) is 5.89 Å². The first-order chi connectivity index (χ1) is 16.3. The summed E-state index contributed by atoms with van der Waals surface area (Å²) >= 11 is 5.27. The molecule has 174 valence electrons. The average Bonchev–Trinajstić information content (AvgIpc) is 3.22. The van der Waals surface area contributed by atoms with Crippen LogP contribution in [0, 0.1) is 13.8 Å². The van der Waals surface area contributed by atoms with E-state index in [4.69, 9.17) is 21.4 Å². The summed E-state index contributed by atoms with van der Waals surface area (Å²) in [6.45, 7) is 6.55. The van der Waals surface area contributed by atoms with E-state index in [0.717, 1.165) is 23.1 Å². The zero-order valence-corrected chi connectivity index (χ0v) is 20.0. The first-order valence-electron chi connectivity index (χ1n) is 10.9. The lowest BCUT2D eigenvalue weighted by Gasteiger charge is -2.11. The molecule has 0 bridgehead atoms. The molecule has 0 aliphatic carbocycles. The SMILES string of the molecule is CCCOc1cccc(C(=O)NC(=S)Nc2ccc(-c3nc4cc(C)cc(C)c4o3)c(O)c2)c1. The lowest BCUT2D eigenvalue weighted by atomic mass is 10.1. The van der Waals surface area contributed by atoms with Gasteiger partial charge in [-0.25, -0.2) is 4.98 Å². The number of aromatic hydroxyl groups is 1. The Morgan fingerprint density at radius 2 is 1.97 bits per heavy atom. The first-order valence-corrected chi connectivity index (χ1v) is 11.3. The minimum Gasteiger partial charge on any atom is -0.507 e. The van der Waals surface area contributed by atoms with Crippen LogP contribution in [0.25, 0.3) is 22.6 Å². The Balaban J connectivity index is 1.45. The molecule has 34 heavy (non-hydrogen) atoms. The molecule has 0 unspecified atom stereocenters. The standard InChI is InChI=1S/C26H25N3O4S/c1-4-10-32-19-7-5-6-17(13-19)24(31)29-26(34)27-18-8-9-20(22(30)14-18)25-28-21-12-15(2)11-16(3)23(21)33-25/h5-9,11-14,30H,4,10H2,1-3H3,(H2,27,29,31,34). The van der Waals surface area contributed by atoms with Gasteiger partial charge in [-0.15, -0.1) is 0 Å². The second kappa shape index (κ2) is 9.93. The molecule has 0 atom stereocenters. The smallest absolute Gasteiger partial charge is 0.257 e. The van der Waals surface area contributed by atoms with Gasteiger partial charge in [0.25, 0.3) is 5.91 Å². The molecule has 1 aromatic heterocycles. The normalized spacial score (nSPS) is 10.8. The van der Waals surface area contributed by atoms with Crippen LogP contribution in [0.1, 0.15) is 34.8 Å². The fourth-order valence-corrected chi connectivity index (χ4v) is 3.78. The predicted molar refractivity (Wildman–Crippen MR) is 136 cm³/mol. The number of carbonyl (C=O) groups is 1. The number of oxazole rings is 1. The summed E-state index contributed by atoms with van der Waals surface area (Å²) in [7, 11) is 0. The maximum Gasteiger partial charge on any atom is 0.257 e. The van der Waals surface area contributed by atoms with Crippen LogP contribution in [0.15, 0.2) is 59.0 Å². The second-order valence-electron chi connectivity index (χ2n) is 7.97. The number of rotatable bonds is 6. The molecular weight excluding hydrogens is 450 g/mol. The third kappa shape index (κ3) is 5.18. The Morgan fingerprint density at radius 1 is 1.15 bits per heavy atom. The Bertz CT molecular complexity index is 1380. The van der Waals surface area contributed by atoms with E-state index in [0.29, 0.717) is 40.6 Å². The third-order valence-corrected chi connectivity index (χ3v) is 5.31. The van der Waals surface area contributed by atoms with Crippen molar-refractivity contribution in [1.29, 1.82) is 0 Å². The monoisotopic (exact) mass is 475 g/mol. The highest BCUT2D eigenvalue weighted by Crippen LogP contribution is 2.34. The van der Waals surface area contributed by atoms with Crippen molar-refractivity contribution in [3.63, 3.8) is 0 Å². The van der Waals surface area contributed by atoms with Crippen molar-refractivity contribution >= 4 is 40.0 Å². The Labute approximate surface area is 202 Å². The van der Waals surface area contributed by atoms with E-state index < -0.39 is 0 Å². The third-order valence-electron chi connectivity index (χ3n) is 5.10. The zero-order chi connectivity index (χ0) is 24.2. The molecule has 8 heteroatoms. The Kier molecular flexibility index (Phi) is 6.79. The van der Waals surface area contributed by atoms with E-state index in [1.165, 1.54) is 6.07 Å². The number of phenolic OH excluding ortho intramolecular Hbond substituents is 1. The van der Waals surface area contributed by atoms with Crippen LogP contribution in [0.4, 0.5) is 5.69 Å². The zero-order valence-electron chi connectivity index (χ0n) is 19.1. The number of hydrogen-bond donors (Lipinski definition) is 3. The van der Waals surface area contributed by atoms with Crippen molar-refractivity contribution in [1.82, 2.24) is 10.3 Å². The summed E-state index contributed by atoms with van der Waals surface area (Å²) in [6, 6.07) is 15.8. The van der Waals surface area contributed by atoms with Gasteiger partial charge in [0.15, 0.2) is 10.7 Å². The Morgan fingerprint density at radius 3 is 2.74 bits per heavy atom. The van der Waals surface area contributed by atoms with Crippen LogP contribution >= 0.6 is 12.2 Å². The number of nitrogens with one attached hydrogen (secondary N) is 2. The molecule has 0 radical (unpaired) electrons. The average molecular weight is 476 g/mol. The number of amides is 1. The van der Waals surface area contributed by atoms with Gasteiger partial charge in [-0.1, -0.05) is 19.1 Å². The molecule has 4 aromatic rings. The van der Waals surface area contributed by atoms with Gasteiger partial charge in [0, 0.05) is 17.3 Å². The molecule has 1 amide bonds. The van der Waals surface area contributed by atoms with Gasteiger partial charge in [-0.05, 0) is 80.0 Å². The molecular formula is C26H25N3O4S. The summed E-state index contributed by atoms with van der Waals surface area (Å²) in [5.41, 5.74) is 4.89. The van der Waals surface area contributed by atoms with Crippen LogP contribution in [0.2, 0.25) is 0 Å². The number of aromatic nitrogens is 1. The van der Waals surface area contributed by atoms with E-state index in [9.17, 15) is 9.90 Å². The van der Waals surface area contributed by atoms with Crippen LogP contribution in [0.3, 0.4) is 0 Å². The molecule has 0 aliphatic heterocycles. The van der Waals surface area contributed by atoms with E-state index in [2.05, 4.69) is 15.6 Å². The van der Waals surface area contributed by atoms with Crippen LogP contribution in [-0.2, 0) is 0 Å². The molecule has 0 fully saturated rings. The number of aryl methyl sites for hydroxylation is 2. The highest BCUT2D eigenvalue weighted by atomic mass is 32.1. The number of carbonyl (C=O) groups excluding carboxylic acids is 1. The summed E-state index contributed by atoms with van der Waals surface area (Å²) < 4.78 is 11.5. The molecule has 0 spiro atoms. The van der Waals surface area contributed by atoms with Crippen LogP contribution < -0.4 is 15.4 Å². The lowest BCUT2D eigenvalue weighted by Crippen LogP contribution is -2.34. The number of thiocarbonyl (C=S) groups is 1. The number of ether oxygens (including phenoxy) is 1. The number of fused-ring (bicyclic) bond motifs is 1. The maximum absolute atomic E-state index is 12.5.